The maximum absolute atomic E-state index is 10.2. The summed E-state index contributed by atoms with van der Waals surface area (Å²) in [5.74, 6) is 1.59. The van der Waals surface area contributed by atoms with Gasteiger partial charge in [0.2, 0.25) is 0 Å². The third-order valence-corrected chi connectivity index (χ3v) is 5.17. The highest BCUT2D eigenvalue weighted by Gasteiger charge is 2.15. The van der Waals surface area contributed by atoms with Crippen LogP contribution < -0.4 is 4.90 Å². The number of aryl methyl sites for hydroxylation is 1. The average molecular weight is 361 g/mol. The van der Waals surface area contributed by atoms with Crippen molar-refractivity contribution in [1.82, 2.24) is 9.97 Å². The Bertz CT molecular complexity index is 1060. The normalized spacial score (nSPS) is 11.0. The van der Waals surface area contributed by atoms with E-state index < -0.39 is 0 Å². The molecule has 0 radical (unpaired) electrons. The van der Waals surface area contributed by atoms with E-state index in [9.17, 15) is 5.11 Å². The van der Waals surface area contributed by atoms with E-state index in [2.05, 4.69) is 47.5 Å². The monoisotopic (exact) mass is 361 g/mol. The van der Waals surface area contributed by atoms with Crippen molar-refractivity contribution in [2.75, 3.05) is 11.9 Å². The lowest BCUT2D eigenvalue weighted by molar-refractivity contribution is 0.477. The molecule has 0 saturated heterocycles. The Labute approximate surface area is 156 Å². The standard InChI is InChI=1S/C21H19N3OS/c1-14-9-10-16-18(12-14)22-20(17-7-3-4-8-19(17)25)23-21(16)24(2)13-15-6-5-11-26-15/h3-12,25H,13H2,1-2H3. The summed E-state index contributed by atoms with van der Waals surface area (Å²) in [6, 6.07) is 17.6. The van der Waals surface area contributed by atoms with E-state index in [1.807, 2.05) is 19.2 Å². The molecule has 130 valence electrons. The number of fused-ring (bicyclic) bond motifs is 1. The number of phenols is 1. The van der Waals surface area contributed by atoms with Crippen LogP contribution in [0.4, 0.5) is 5.82 Å². The van der Waals surface area contributed by atoms with Gasteiger partial charge in [-0.3, -0.25) is 0 Å². The minimum Gasteiger partial charge on any atom is -0.507 e. The number of rotatable bonds is 4. The van der Waals surface area contributed by atoms with Crippen molar-refractivity contribution >= 4 is 28.1 Å². The van der Waals surface area contributed by atoms with Gasteiger partial charge in [0.25, 0.3) is 0 Å². The summed E-state index contributed by atoms with van der Waals surface area (Å²) in [6.07, 6.45) is 0. The van der Waals surface area contributed by atoms with Gasteiger partial charge < -0.3 is 10.0 Å². The van der Waals surface area contributed by atoms with Crippen LogP contribution in [0.3, 0.4) is 0 Å². The molecule has 0 aliphatic rings. The molecule has 0 saturated carbocycles. The van der Waals surface area contributed by atoms with Crippen molar-refractivity contribution in [1.29, 1.82) is 0 Å². The number of hydrogen-bond donors (Lipinski definition) is 1. The van der Waals surface area contributed by atoms with Crippen LogP contribution in [0, 0.1) is 6.92 Å². The topological polar surface area (TPSA) is 49.2 Å². The Kier molecular flexibility index (Phi) is 4.31. The van der Waals surface area contributed by atoms with Crippen LogP contribution in [0.5, 0.6) is 5.75 Å². The Balaban J connectivity index is 1.88. The van der Waals surface area contributed by atoms with Gasteiger partial charge in [-0.2, -0.15) is 0 Å². The second-order valence-electron chi connectivity index (χ2n) is 6.34. The maximum atomic E-state index is 10.2. The molecule has 2 aromatic heterocycles. The highest BCUT2D eigenvalue weighted by molar-refractivity contribution is 7.09. The quantitative estimate of drug-likeness (QED) is 0.555. The molecular weight excluding hydrogens is 342 g/mol. The zero-order valence-electron chi connectivity index (χ0n) is 14.7. The number of hydrogen-bond acceptors (Lipinski definition) is 5. The zero-order valence-corrected chi connectivity index (χ0v) is 15.5. The van der Waals surface area contributed by atoms with Crippen molar-refractivity contribution in [3.63, 3.8) is 0 Å². The number of thiophene rings is 1. The number of aromatic hydroxyl groups is 1. The molecule has 0 unspecified atom stereocenters. The van der Waals surface area contributed by atoms with E-state index in [0.29, 0.717) is 11.4 Å². The number of nitrogens with zero attached hydrogens (tertiary/aromatic N) is 3. The molecular formula is C21H19N3OS. The summed E-state index contributed by atoms with van der Waals surface area (Å²) in [5.41, 5.74) is 2.67. The number of aromatic nitrogens is 2. The smallest absolute Gasteiger partial charge is 0.165 e. The molecule has 2 heterocycles. The largest absolute Gasteiger partial charge is 0.507 e. The van der Waals surface area contributed by atoms with Crippen molar-refractivity contribution in [3.8, 4) is 17.1 Å². The van der Waals surface area contributed by atoms with E-state index in [1.165, 1.54) is 4.88 Å². The first-order valence-electron chi connectivity index (χ1n) is 8.42. The van der Waals surface area contributed by atoms with Gasteiger partial charge in [-0.1, -0.05) is 24.3 Å². The number of benzene rings is 2. The first kappa shape index (κ1) is 16.5. The Hall–Kier alpha value is -2.92. The summed E-state index contributed by atoms with van der Waals surface area (Å²) >= 11 is 1.73. The lowest BCUT2D eigenvalue weighted by Gasteiger charge is -2.20. The Morgan fingerprint density at radius 3 is 2.65 bits per heavy atom. The third-order valence-electron chi connectivity index (χ3n) is 4.31. The molecule has 26 heavy (non-hydrogen) atoms. The van der Waals surface area contributed by atoms with Gasteiger partial charge in [-0.25, -0.2) is 9.97 Å². The predicted octanol–water partition coefficient (Wildman–Crippen LogP) is 5.01. The van der Waals surface area contributed by atoms with E-state index >= 15 is 0 Å². The second-order valence-corrected chi connectivity index (χ2v) is 7.38. The van der Waals surface area contributed by atoms with E-state index in [-0.39, 0.29) is 5.75 Å². The van der Waals surface area contributed by atoms with Gasteiger partial charge in [0.1, 0.15) is 11.6 Å². The highest BCUT2D eigenvalue weighted by atomic mass is 32.1. The Morgan fingerprint density at radius 2 is 1.88 bits per heavy atom. The summed E-state index contributed by atoms with van der Waals surface area (Å²) < 4.78 is 0. The maximum Gasteiger partial charge on any atom is 0.165 e. The fourth-order valence-corrected chi connectivity index (χ4v) is 3.77. The minimum absolute atomic E-state index is 0.186. The third kappa shape index (κ3) is 3.13. The summed E-state index contributed by atoms with van der Waals surface area (Å²) in [5, 5.41) is 13.3. The summed E-state index contributed by atoms with van der Waals surface area (Å²) in [4.78, 5) is 12.9. The molecule has 0 aliphatic carbocycles. The minimum atomic E-state index is 0.186. The summed E-state index contributed by atoms with van der Waals surface area (Å²) in [7, 11) is 2.04. The lowest BCUT2D eigenvalue weighted by Crippen LogP contribution is -2.18. The fraction of sp³-hybridized carbons (Fsp3) is 0.143. The number of phenolic OH excluding ortho intramolecular Hbond substituents is 1. The molecule has 4 aromatic rings. The fourth-order valence-electron chi connectivity index (χ4n) is 3.01. The number of para-hydroxylation sites is 1. The molecule has 0 atom stereocenters. The molecule has 0 fully saturated rings. The SMILES string of the molecule is Cc1ccc2c(N(C)Cc3cccs3)nc(-c3ccccc3O)nc2c1. The molecule has 4 nitrogen and oxygen atoms in total. The van der Waals surface area contributed by atoms with Crippen molar-refractivity contribution < 1.29 is 5.11 Å². The first-order valence-corrected chi connectivity index (χ1v) is 9.30. The van der Waals surface area contributed by atoms with Gasteiger partial charge in [0.15, 0.2) is 5.82 Å². The molecule has 2 aromatic carbocycles. The molecule has 0 spiro atoms. The molecule has 0 amide bonds. The van der Waals surface area contributed by atoms with Crippen LogP contribution >= 0.6 is 11.3 Å². The number of anilines is 1. The van der Waals surface area contributed by atoms with Crippen molar-refractivity contribution in [3.05, 3.63) is 70.4 Å². The predicted molar refractivity (Wildman–Crippen MR) is 108 cm³/mol. The van der Waals surface area contributed by atoms with Crippen molar-refractivity contribution in [2.45, 2.75) is 13.5 Å². The van der Waals surface area contributed by atoms with Crippen LogP contribution in [0.1, 0.15) is 10.4 Å². The van der Waals surface area contributed by atoms with Gasteiger partial charge in [0, 0.05) is 17.3 Å². The Morgan fingerprint density at radius 1 is 1.04 bits per heavy atom. The summed E-state index contributed by atoms with van der Waals surface area (Å²) in [6.45, 7) is 2.83. The lowest BCUT2D eigenvalue weighted by atomic mass is 10.1. The van der Waals surface area contributed by atoms with E-state index in [1.54, 1.807) is 23.5 Å². The second kappa shape index (κ2) is 6.77. The van der Waals surface area contributed by atoms with Crippen molar-refractivity contribution in [2.24, 2.45) is 0 Å². The molecule has 0 aliphatic heterocycles. The zero-order chi connectivity index (χ0) is 18.1. The molecule has 0 bridgehead atoms. The van der Waals surface area contributed by atoms with Crippen LogP contribution in [0.25, 0.3) is 22.3 Å². The molecule has 1 N–H and O–H groups in total. The highest BCUT2D eigenvalue weighted by Crippen LogP contribution is 2.32. The van der Waals surface area contributed by atoms with Crippen LogP contribution in [0.2, 0.25) is 0 Å². The van der Waals surface area contributed by atoms with Gasteiger partial charge >= 0.3 is 0 Å². The molecule has 5 heteroatoms. The first-order chi connectivity index (χ1) is 12.6. The van der Waals surface area contributed by atoms with E-state index in [0.717, 1.165) is 28.8 Å². The van der Waals surface area contributed by atoms with Gasteiger partial charge in [0.05, 0.1) is 17.6 Å². The van der Waals surface area contributed by atoms with Gasteiger partial charge in [-0.15, -0.1) is 11.3 Å². The van der Waals surface area contributed by atoms with Gasteiger partial charge in [-0.05, 0) is 48.2 Å². The van der Waals surface area contributed by atoms with Crippen LogP contribution in [0.15, 0.2) is 60.0 Å². The van der Waals surface area contributed by atoms with Crippen LogP contribution in [-0.4, -0.2) is 22.1 Å². The van der Waals surface area contributed by atoms with Crippen LogP contribution in [-0.2, 0) is 6.54 Å². The average Bonchev–Trinajstić information content (AvgIpc) is 3.14. The van der Waals surface area contributed by atoms with E-state index in [4.69, 9.17) is 9.97 Å². The molecule has 4 rings (SSSR count).